The maximum absolute atomic E-state index is 12.4. The van der Waals surface area contributed by atoms with Crippen LogP contribution in [0.2, 0.25) is 10.3 Å². The Morgan fingerprint density at radius 3 is 2.79 bits per heavy atom. The molecule has 1 aromatic heterocycles. The second kappa shape index (κ2) is 8.42. The van der Waals surface area contributed by atoms with E-state index < -0.39 is 6.09 Å². The van der Waals surface area contributed by atoms with Gasteiger partial charge in [0.25, 0.3) is 0 Å². The van der Waals surface area contributed by atoms with Crippen molar-refractivity contribution in [1.82, 2.24) is 9.97 Å². The van der Waals surface area contributed by atoms with E-state index in [1.54, 1.807) is 24.3 Å². The third-order valence-electron chi connectivity index (χ3n) is 2.89. The molecule has 2 aromatic rings. The van der Waals surface area contributed by atoms with Crippen LogP contribution in [-0.4, -0.2) is 28.5 Å². The summed E-state index contributed by atoms with van der Waals surface area (Å²) in [6.07, 6.45) is 2.22. The molecule has 2 rings (SSSR count). The van der Waals surface area contributed by atoms with Crippen LogP contribution in [0.15, 0.2) is 43.1 Å². The van der Waals surface area contributed by atoms with Crippen molar-refractivity contribution >= 4 is 40.8 Å². The summed E-state index contributed by atoms with van der Waals surface area (Å²) in [6, 6.07) is 6.32. The van der Waals surface area contributed by atoms with E-state index >= 15 is 0 Å². The molecule has 0 unspecified atom stereocenters. The van der Waals surface area contributed by atoms with Crippen molar-refractivity contribution < 1.29 is 14.3 Å². The number of anilines is 1. The normalized spacial score (nSPS) is 10.1. The first-order chi connectivity index (χ1) is 11.5. The van der Waals surface area contributed by atoms with Crippen LogP contribution in [-0.2, 0) is 11.2 Å². The minimum atomic E-state index is -0.691. The molecular formula is C16H13Cl2N3O3. The topological polar surface area (TPSA) is 81.2 Å². The highest BCUT2D eigenvalue weighted by Gasteiger charge is 2.16. The van der Waals surface area contributed by atoms with Gasteiger partial charge in [0.15, 0.2) is 5.78 Å². The number of ether oxygens (including phenoxy) is 1. The van der Waals surface area contributed by atoms with Crippen molar-refractivity contribution in [1.29, 1.82) is 0 Å². The molecule has 0 spiro atoms. The molecule has 0 fully saturated rings. The second-order valence-corrected chi connectivity index (χ2v) is 5.31. The van der Waals surface area contributed by atoms with Crippen LogP contribution < -0.4 is 5.32 Å². The van der Waals surface area contributed by atoms with Crippen LogP contribution in [0.4, 0.5) is 10.5 Å². The van der Waals surface area contributed by atoms with E-state index in [1.165, 1.54) is 12.3 Å². The minimum Gasteiger partial charge on any atom is -0.445 e. The summed E-state index contributed by atoms with van der Waals surface area (Å²) in [5.41, 5.74) is 1.00. The average Bonchev–Trinajstić information content (AvgIpc) is 2.54. The third-order valence-corrected chi connectivity index (χ3v) is 3.48. The van der Waals surface area contributed by atoms with Crippen molar-refractivity contribution in [2.24, 2.45) is 0 Å². The van der Waals surface area contributed by atoms with E-state index in [2.05, 4.69) is 21.9 Å². The fraction of sp³-hybridized carbons (Fsp3) is 0.125. The van der Waals surface area contributed by atoms with Gasteiger partial charge in [-0.1, -0.05) is 30.3 Å². The molecule has 0 saturated carbocycles. The molecule has 24 heavy (non-hydrogen) atoms. The summed E-state index contributed by atoms with van der Waals surface area (Å²) < 4.78 is 4.82. The van der Waals surface area contributed by atoms with Gasteiger partial charge in [0, 0.05) is 11.8 Å². The summed E-state index contributed by atoms with van der Waals surface area (Å²) in [7, 11) is 0. The van der Waals surface area contributed by atoms with Gasteiger partial charge < -0.3 is 4.74 Å². The molecule has 0 aliphatic heterocycles. The monoisotopic (exact) mass is 365 g/mol. The fourth-order valence-corrected chi connectivity index (χ4v) is 2.30. The number of carbonyl (C=O) groups excluding carboxylic acids is 2. The molecule has 1 aromatic carbocycles. The largest absolute Gasteiger partial charge is 0.445 e. The zero-order valence-electron chi connectivity index (χ0n) is 12.5. The van der Waals surface area contributed by atoms with Gasteiger partial charge in [-0.25, -0.2) is 14.8 Å². The summed E-state index contributed by atoms with van der Waals surface area (Å²) in [5, 5.41) is 2.66. The Bertz CT molecular complexity index is 781. The maximum Gasteiger partial charge on any atom is 0.411 e. The Balaban J connectivity index is 2.15. The van der Waals surface area contributed by atoms with Crippen LogP contribution >= 0.6 is 23.2 Å². The second-order valence-electron chi connectivity index (χ2n) is 4.60. The number of rotatable bonds is 6. The molecule has 6 nitrogen and oxygen atoms in total. The predicted octanol–water partition coefficient (Wildman–Crippen LogP) is 3.94. The number of ketones is 1. The van der Waals surface area contributed by atoms with Crippen LogP contribution in [0.3, 0.4) is 0 Å². The lowest BCUT2D eigenvalue weighted by atomic mass is 10.1. The van der Waals surface area contributed by atoms with E-state index in [4.69, 9.17) is 27.9 Å². The highest BCUT2D eigenvalue weighted by Crippen LogP contribution is 2.27. The number of hydrogen-bond donors (Lipinski definition) is 1. The van der Waals surface area contributed by atoms with Crippen molar-refractivity contribution in [2.45, 2.75) is 6.42 Å². The first-order valence-electron chi connectivity index (χ1n) is 6.85. The van der Waals surface area contributed by atoms with Crippen molar-refractivity contribution in [3.05, 3.63) is 64.7 Å². The smallest absolute Gasteiger partial charge is 0.411 e. The Hall–Kier alpha value is -2.44. The Labute approximate surface area is 148 Å². The average molecular weight is 366 g/mol. The fourth-order valence-electron chi connectivity index (χ4n) is 1.85. The predicted molar refractivity (Wildman–Crippen MR) is 91.7 cm³/mol. The van der Waals surface area contributed by atoms with Gasteiger partial charge in [0.05, 0.1) is 22.8 Å². The van der Waals surface area contributed by atoms with E-state index in [0.29, 0.717) is 5.69 Å². The number of amides is 1. The third kappa shape index (κ3) is 4.78. The van der Waals surface area contributed by atoms with Crippen LogP contribution in [0.5, 0.6) is 0 Å². The first kappa shape index (κ1) is 17.9. The molecule has 0 aliphatic rings. The van der Waals surface area contributed by atoms with Crippen LogP contribution in [0, 0.1) is 0 Å². The first-order valence-corrected chi connectivity index (χ1v) is 7.60. The van der Waals surface area contributed by atoms with Gasteiger partial charge in [-0.2, -0.15) is 0 Å². The van der Waals surface area contributed by atoms with Gasteiger partial charge in [-0.05, 0) is 29.8 Å². The van der Waals surface area contributed by atoms with E-state index in [1.807, 2.05) is 0 Å². The Morgan fingerprint density at radius 2 is 2.08 bits per heavy atom. The highest BCUT2D eigenvalue weighted by molar-refractivity contribution is 6.37. The number of hydrogen-bond acceptors (Lipinski definition) is 5. The van der Waals surface area contributed by atoms with Gasteiger partial charge in [-0.15, -0.1) is 0 Å². The molecule has 0 saturated heterocycles. The van der Waals surface area contributed by atoms with Gasteiger partial charge in [-0.3, -0.25) is 10.1 Å². The molecule has 8 heteroatoms. The molecule has 1 amide bonds. The highest BCUT2D eigenvalue weighted by atomic mass is 35.5. The van der Waals surface area contributed by atoms with Gasteiger partial charge in [0.2, 0.25) is 5.28 Å². The Morgan fingerprint density at radius 1 is 1.29 bits per heavy atom. The molecule has 1 N–H and O–H groups in total. The van der Waals surface area contributed by atoms with Crippen molar-refractivity contribution in [2.75, 3.05) is 11.9 Å². The van der Waals surface area contributed by atoms with Crippen molar-refractivity contribution in [3.63, 3.8) is 0 Å². The van der Waals surface area contributed by atoms with E-state index in [-0.39, 0.29) is 40.4 Å². The molecular weight excluding hydrogens is 353 g/mol. The molecule has 0 aliphatic carbocycles. The lowest BCUT2D eigenvalue weighted by Crippen LogP contribution is -2.15. The quantitative estimate of drug-likeness (QED) is 0.476. The number of nitrogens with one attached hydrogen (secondary N) is 1. The molecule has 0 radical (unpaired) electrons. The zero-order valence-corrected chi connectivity index (χ0v) is 14.0. The SMILES string of the molecule is C=CCOC(=O)Nc1cccc(C(=O)Cc2ccnc(Cl)n2)c1Cl. The summed E-state index contributed by atoms with van der Waals surface area (Å²) in [5.74, 6) is -0.266. The summed E-state index contributed by atoms with van der Waals surface area (Å²) in [6.45, 7) is 3.51. The van der Waals surface area contributed by atoms with Gasteiger partial charge >= 0.3 is 6.09 Å². The number of halogens is 2. The lowest BCUT2D eigenvalue weighted by Gasteiger charge is -2.10. The van der Waals surface area contributed by atoms with Gasteiger partial charge in [0.1, 0.15) is 6.61 Å². The van der Waals surface area contributed by atoms with E-state index in [9.17, 15) is 9.59 Å². The van der Waals surface area contributed by atoms with Crippen LogP contribution in [0.1, 0.15) is 16.1 Å². The number of aromatic nitrogens is 2. The number of carbonyl (C=O) groups is 2. The summed E-state index contributed by atoms with van der Waals surface area (Å²) in [4.78, 5) is 31.7. The summed E-state index contributed by atoms with van der Waals surface area (Å²) >= 11 is 11.9. The number of nitrogens with zero attached hydrogens (tertiary/aromatic N) is 2. The van der Waals surface area contributed by atoms with Crippen molar-refractivity contribution in [3.8, 4) is 0 Å². The molecule has 1 heterocycles. The minimum absolute atomic E-state index is 0.00627. The number of benzene rings is 1. The molecule has 0 bridgehead atoms. The standard InChI is InChI=1S/C16H13Cl2N3O3/c1-2-8-24-16(23)21-12-5-3-4-11(14(12)17)13(22)9-10-6-7-19-15(18)20-10/h2-7H,1,8-9H2,(H,21,23). The number of Topliss-reactive ketones (excluding diaryl/α,β-unsaturated/α-hetero) is 1. The Kier molecular flexibility index (Phi) is 6.28. The van der Waals surface area contributed by atoms with E-state index in [0.717, 1.165) is 0 Å². The lowest BCUT2D eigenvalue weighted by molar-refractivity contribution is 0.0992. The molecule has 124 valence electrons. The maximum atomic E-state index is 12.4. The van der Waals surface area contributed by atoms with Crippen LogP contribution in [0.25, 0.3) is 0 Å². The molecule has 0 atom stereocenters. The zero-order chi connectivity index (χ0) is 17.5.